The second-order valence-corrected chi connectivity index (χ2v) is 16.9. The highest BCUT2D eigenvalue weighted by atomic mass is 31.1. The quantitative estimate of drug-likeness (QED) is 0.302. The number of benzene rings is 3. The zero-order valence-corrected chi connectivity index (χ0v) is 27.4. The number of aryl methyl sites for hydroxylation is 6. The molecule has 2 unspecified atom stereocenters. The number of ketones is 1. The van der Waals surface area contributed by atoms with Crippen LogP contribution in [0.15, 0.2) is 42.5 Å². The van der Waals surface area contributed by atoms with Crippen LogP contribution >= 0.6 is 7.92 Å². The van der Waals surface area contributed by atoms with Crippen LogP contribution in [0.5, 0.6) is 0 Å². The molecule has 2 atom stereocenters. The highest BCUT2D eigenvalue weighted by Gasteiger charge is 2.48. The van der Waals surface area contributed by atoms with Gasteiger partial charge in [0.15, 0.2) is 0 Å². The fourth-order valence-electron chi connectivity index (χ4n) is 7.12. The first-order valence-electron chi connectivity index (χ1n) is 14.6. The molecule has 0 N–H and O–H groups in total. The van der Waals surface area contributed by atoms with Crippen LogP contribution in [0.25, 0.3) is 22.3 Å². The molecule has 3 aromatic carbocycles. The summed E-state index contributed by atoms with van der Waals surface area (Å²) >= 11 is 0. The van der Waals surface area contributed by atoms with Gasteiger partial charge in [-0.15, -0.1) is 0 Å². The van der Waals surface area contributed by atoms with Crippen LogP contribution in [0.3, 0.4) is 0 Å². The first-order chi connectivity index (χ1) is 18.0. The van der Waals surface area contributed by atoms with Crippen LogP contribution in [0.2, 0.25) is 0 Å². The van der Waals surface area contributed by atoms with Crippen molar-refractivity contribution in [1.29, 1.82) is 0 Å². The standard InChI is InChI=1S/C37H49OP/c1-22-16-24(3)33(25(4)17-22)29-14-13-15-30(34-26(5)18-23(2)19-27(34)6)35(29)39-31(36(7,8)9)20-28(38)21-32(39)37(10,11)12/h13-19,31-32H,20-21H2,1-12H3. The molecule has 1 aliphatic rings. The lowest BCUT2D eigenvalue weighted by molar-refractivity contribution is -0.120. The monoisotopic (exact) mass is 540 g/mol. The van der Waals surface area contributed by atoms with Gasteiger partial charge in [-0.25, -0.2) is 0 Å². The molecule has 208 valence electrons. The molecule has 39 heavy (non-hydrogen) atoms. The normalized spacial score (nSPS) is 20.4. The summed E-state index contributed by atoms with van der Waals surface area (Å²) in [5.41, 5.74) is 14.2. The van der Waals surface area contributed by atoms with E-state index in [0.29, 0.717) is 29.9 Å². The first-order valence-corrected chi connectivity index (χ1v) is 16.1. The van der Waals surface area contributed by atoms with Crippen LogP contribution in [-0.2, 0) is 4.79 Å². The first kappa shape index (κ1) is 29.7. The molecule has 0 bridgehead atoms. The van der Waals surface area contributed by atoms with Crippen LogP contribution in [0.1, 0.15) is 87.8 Å². The molecule has 0 aromatic heterocycles. The number of carbonyl (C=O) groups excluding carboxylic acids is 1. The predicted molar refractivity (Wildman–Crippen MR) is 173 cm³/mol. The minimum absolute atomic E-state index is 0.0321. The molecule has 1 heterocycles. The van der Waals surface area contributed by atoms with E-state index in [9.17, 15) is 4.79 Å². The fourth-order valence-corrected chi connectivity index (χ4v) is 11.6. The summed E-state index contributed by atoms with van der Waals surface area (Å²) in [7, 11) is -0.671. The third kappa shape index (κ3) is 5.81. The third-order valence-corrected chi connectivity index (χ3v) is 13.0. The molecule has 2 heteroatoms. The molecule has 1 saturated heterocycles. The van der Waals surface area contributed by atoms with Gasteiger partial charge in [0, 0.05) is 12.8 Å². The Kier molecular flexibility index (Phi) is 8.10. The fraction of sp³-hybridized carbons (Fsp3) is 0.486. The number of carbonyl (C=O) groups is 1. The third-order valence-electron chi connectivity index (χ3n) is 8.70. The van der Waals surface area contributed by atoms with E-state index >= 15 is 0 Å². The average molecular weight is 541 g/mol. The van der Waals surface area contributed by atoms with Gasteiger partial charge in [-0.3, -0.25) is 4.79 Å². The lowest BCUT2D eigenvalue weighted by atomic mass is 9.84. The summed E-state index contributed by atoms with van der Waals surface area (Å²) in [4.78, 5) is 13.4. The Morgan fingerprint density at radius 1 is 0.615 bits per heavy atom. The van der Waals surface area contributed by atoms with Gasteiger partial charge in [0.2, 0.25) is 0 Å². The second kappa shape index (κ2) is 10.6. The molecule has 3 aromatic rings. The Labute approximate surface area is 239 Å². The van der Waals surface area contributed by atoms with Gasteiger partial charge in [0.1, 0.15) is 5.78 Å². The van der Waals surface area contributed by atoms with Gasteiger partial charge >= 0.3 is 0 Å². The van der Waals surface area contributed by atoms with Crippen LogP contribution in [-0.4, -0.2) is 17.1 Å². The van der Waals surface area contributed by atoms with E-state index in [2.05, 4.69) is 126 Å². The van der Waals surface area contributed by atoms with E-state index < -0.39 is 7.92 Å². The molecule has 0 radical (unpaired) electrons. The largest absolute Gasteiger partial charge is 0.300 e. The van der Waals surface area contributed by atoms with Crippen molar-refractivity contribution >= 4 is 19.0 Å². The van der Waals surface area contributed by atoms with E-state index in [-0.39, 0.29) is 10.8 Å². The van der Waals surface area contributed by atoms with Crippen molar-refractivity contribution in [3.63, 3.8) is 0 Å². The highest BCUT2D eigenvalue weighted by molar-refractivity contribution is 7.68. The molecule has 4 rings (SSSR count). The molecule has 1 nitrogen and oxygen atoms in total. The Hall–Kier alpha value is -2.24. The van der Waals surface area contributed by atoms with E-state index in [0.717, 1.165) is 0 Å². The number of Topliss-reactive ketones (excluding diaryl/α,β-unsaturated/α-hetero) is 1. The van der Waals surface area contributed by atoms with Crippen molar-refractivity contribution < 1.29 is 4.79 Å². The van der Waals surface area contributed by atoms with Gasteiger partial charge in [-0.2, -0.15) is 0 Å². The summed E-state index contributed by atoms with van der Waals surface area (Å²) in [6, 6.07) is 16.4. The summed E-state index contributed by atoms with van der Waals surface area (Å²) in [6.07, 6.45) is 1.38. The van der Waals surface area contributed by atoms with Gasteiger partial charge in [0.25, 0.3) is 0 Å². The Bertz CT molecular complexity index is 1260. The van der Waals surface area contributed by atoms with Crippen molar-refractivity contribution in [3.8, 4) is 22.3 Å². The lowest BCUT2D eigenvalue weighted by Gasteiger charge is -2.50. The van der Waals surface area contributed by atoms with Gasteiger partial charge in [-0.1, -0.05) is 103 Å². The summed E-state index contributed by atoms with van der Waals surface area (Å²) in [5.74, 6) is 0.443. The molecule has 1 aliphatic heterocycles. The van der Waals surface area contributed by atoms with Crippen molar-refractivity contribution in [2.45, 2.75) is 107 Å². The molecule has 0 amide bonds. The number of hydrogen-bond donors (Lipinski definition) is 0. The average Bonchev–Trinajstić information content (AvgIpc) is 2.76. The zero-order valence-electron chi connectivity index (χ0n) is 26.5. The summed E-state index contributed by atoms with van der Waals surface area (Å²) in [5, 5.41) is 1.52. The summed E-state index contributed by atoms with van der Waals surface area (Å²) in [6.45, 7) is 27.6. The van der Waals surface area contributed by atoms with Crippen LogP contribution in [0, 0.1) is 52.4 Å². The second-order valence-electron chi connectivity index (χ2n) is 14.4. The molecular formula is C37H49OP. The predicted octanol–water partition coefficient (Wildman–Crippen LogP) is 10.2. The Morgan fingerprint density at radius 3 is 1.26 bits per heavy atom. The topological polar surface area (TPSA) is 17.1 Å². The molecule has 0 aliphatic carbocycles. The van der Waals surface area contributed by atoms with Crippen molar-refractivity contribution in [1.82, 2.24) is 0 Å². The summed E-state index contributed by atoms with van der Waals surface area (Å²) < 4.78 is 0. The maximum atomic E-state index is 13.4. The Balaban J connectivity index is 2.19. The van der Waals surface area contributed by atoms with E-state index in [1.54, 1.807) is 0 Å². The van der Waals surface area contributed by atoms with E-state index in [4.69, 9.17) is 0 Å². The van der Waals surface area contributed by atoms with Crippen molar-refractivity contribution in [2.75, 3.05) is 0 Å². The van der Waals surface area contributed by atoms with Crippen LogP contribution in [0.4, 0.5) is 0 Å². The highest BCUT2D eigenvalue weighted by Crippen LogP contribution is 2.63. The lowest BCUT2D eigenvalue weighted by Crippen LogP contribution is -2.44. The van der Waals surface area contributed by atoms with E-state index in [1.165, 1.54) is 60.9 Å². The van der Waals surface area contributed by atoms with Crippen molar-refractivity contribution in [3.05, 3.63) is 75.8 Å². The molecular weight excluding hydrogens is 491 g/mol. The molecule has 0 spiro atoms. The molecule has 1 fully saturated rings. The SMILES string of the molecule is Cc1cc(C)c(-c2cccc(-c3c(C)cc(C)cc3C)c2P2C(C(C)(C)C)CC(=O)CC2C(C)(C)C)c(C)c1. The van der Waals surface area contributed by atoms with Gasteiger partial charge < -0.3 is 0 Å². The maximum Gasteiger partial charge on any atom is 0.134 e. The smallest absolute Gasteiger partial charge is 0.134 e. The van der Waals surface area contributed by atoms with Crippen LogP contribution < -0.4 is 5.30 Å². The van der Waals surface area contributed by atoms with Gasteiger partial charge in [-0.05, 0) is 114 Å². The zero-order chi connectivity index (χ0) is 29.0. The number of hydrogen-bond acceptors (Lipinski definition) is 1. The minimum atomic E-state index is -0.671. The molecule has 0 saturated carbocycles. The van der Waals surface area contributed by atoms with Crippen molar-refractivity contribution in [2.24, 2.45) is 10.8 Å². The van der Waals surface area contributed by atoms with E-state index in [1.807, 2.05) is 0 Å². The van der Waals surface area contributed by atoms with Gasteiger partial charge in [0.05, 0.1) is 0 Å². The maximum absolute atomic E-state index is 13.4. The number of rotatable bonds is 3. The Morgan fingerprint density at radius 2 is 0.949 bits per heavy atom. The minimum Gasteiger partial charge on any atom is -0.300 e.